The summed E-state index contributed by atoms with van der Waals surface area (Å²) >= 11 is 0. The van der Waals surface area contributed by atoms with Crippen molar-refractivity contribution >= 4 is 20.9 Å². The van der Waals surface area contributed by atoms with Crippen molar-refractivity contribution in [2.75, 3.05) is 13.2 Å². The Balaban J connectivity index is 1.92. The first-order valence-electron chi connectivity index (χ1n) is 7.77. The first kappa shape index (κ1) is 15.3. The molecular formula is C17H18N2O4S. The maximum absolute atomic E-state index is 13.0. The summed E-state index contributed by atoms with van der Waals surface area (Å²) in [6.07, 6.45) is 1.59. The van der Waals surface area contributed by atoms with Crippen LogP contribution in [0.25, 0.3) is 10.9 Å². The van der Waals surface area contributed by atoms with Crippen molar-refractivity contribution in [1.29, 1.82) is 0 Å². The zero-order valence-corrected chi connectivity index (χ0v) is 14.3. The molecule has 3 heterocycles. The number of aryl methyl sites for hydroxylation is 2. The average Bonchev–Trinajstić information content (AvgIpc) is 3.03. The van der Waals surface area contributed by atoms with Gasteiger partial charge in [0.15, 0.2) is 0 Å². The number of nitrogens with one attached hydrogen (secondary N) is 1. The number of benzene rings is 1. The minimum absolute atomic E-state index is 0.196. The largest absolute Gasteiger partial charge is 0.492 e. The van der Waals surface area contributed by atoms with E-state index in [0.29, 0.717) is 30.2 Å². The third-order valence-electron chi connectivity index (χ3n) is 4.28. The zero-order chi connectivity index (χ0) is 16.9. The fourth-order valence-corrected chi connectivity index (χ4v) is 4.75. The van der Waals surface area contributed by atoms with E-state index in [1.807, 2.05) is 12.1 Å². The monoisotopic (exact) mass is 346 g/mol. The summed E-state index contributed by atoms with van der Waals surface area (Å²) in [5.74, 6) is 1.78. The molecule has 0 unspecified atom stereocenters. The molecule has 1 aromatic carbocycles. The first-order valence-corrected chi connectivity index (χ1v) is 9.21. The highest BCUT2D eigenvalue weighted by Crippen LogP contribution is 2.32. The predicted octanol–water partition coefficient (Wildman–Crippen LogP) is 2.57. The Morgan fingerprint density at radius 1 is 1.21 bits per heavy atom. The van der Waals surface area contributed by atoms with Crippen LogP contribution in [-0.2, 0) is 16.6 Å². The molecule has 3 aromatic rings. The van der Waals surface area contributed by atoms with Crippen LogP contribution in [0.4, 0.5) is 0 Å². The highest BCUT2D eigenvalue weighted by Gasteiger charge is 2.25. The minimum Gasteiger partial charge on any atom is -0.492 e. The van der Waals surface area contributed by atoms with Gasteiger partial charge < -0.3 is 14.5 Å². The topological polar surface area (TPSA) is 73.5 Å². The highest BCUT2D eigenvalue weighted by molar-refractivity contribution is 7.90. The first-order chi connectivity index (χ1) is 11.5. The van der Waals surface area contributed by atoms with Gasteiger partial charge in [-0.2, -0.15) is 0 Å². The lowest BCUT2D eigenvalue weighted by atomic mass is 10.1. The van der Waals surface area contributed by atoms with E-state index in [9.17, 15) is 8.42 Å². The fourth-order valence-electron chi connectivity index (χ4n) is 3.18. The Bertz CT molecular complexity index is 1030. The maximum atomic E-state index is 13.0. The van der Waals surface area contributed by atoms with Crippen LogP contribution < -0.4 is 10.1 Å². The van der Waals surface area contributed by atoms with E-state index >= 15 is 0 Å². The molecule has 2 aromatic heterocycles. The quantitative estimate of drug-likeness (QED) is 0.772. The molecule has 0 amide bonds. The molecule has 0 spiro atoms. The van der Waals surface area contributed by atoms with Crippen molar-refractivity contribution in [3.05, 3.63) is 47.5 Å². The molecule has 6 nitrogen and oxygen atoms in total. The van der Waals surface area contributed by atoms with Gasteiger partial charge >= 0.3 is 0 Å². The van der Waals surface area contributed by atoms with Crippen LogP contribution in [0, 0.1) is 13.8 Å². The number of hydrogen-bond acceptors (Lipinski definition) is 5. The second-order valence-corrected chi connectivity index (χ2v) is 7.68. The molecule has 126 valence electrons. The van der Waals surface area contributed by atoms with Crippen LogP contribution in [0.15, 0.2) is 39.8 Å². The van der Waals surface area contributed by atoms with E-state index in [4.69, 9.17) is 9.15 Å². The molecule has 0 saturated carbocycles. The van der Waals surface area contributed by atoms with Crippen LogP contribution >= 0.6 is 0 Å². The van der Waals surface area contributed by atoms with Gasteiger partial charge in [-0.15, -0.1) is 0 Å². The van der Waals surface area contributed by atoms with E-state index < -0.39 is 10.0 Å². The number of hydrogen-bond donors (Lipinski definition) is 1. The Hall–Kier alpha value is -2.25. The third-order valence-corrected chi connectivity index (χ3v) is 6.07. The van der Waals surface area contributed by atoms with Crippen molar-refractivity contribution in [3.8, 4) is 5.75 Å². The fraction of sp³-hybridized carbons (Fsp3) is 0.294. The van der Waals surface area contributed by atoms with Crippen LogP contribution in [0.2, 0.25) is 0 Å². The summed E-state index contributed by atoms with van der Waals surface area (Å²) in [5.41, 5.74) is 1.62. The highest BCUT2D eigenvalue weighted by atomic mass is 32.2. The van der Waals surface area contributed by atoms with Crippen molar-refractivity contribution in [1.82, 2.24) is 9.29 Å². The molecule has 1 N–H and O–H groups in total. The standard InChI is InChI=1S/C17H18N2O4S/c1-11-9-17(12(2)23-11)24(20,21)19-7-5-13-14-10-18-6-8-22-16(14)4-3-15(13)19/h3-5,7,9,18H,6,8,10H2,1-2H3. The number of nitrogens with zero attached hydrogens (tertiary/aromatic N) is 1. The predicted molar refractivity (Wildman–Crippen MR) is 89.9 cm³/mol. The summed E-state index contributed by atoms with van der Waals surface area (Å²) in [4.78, 5) is 0.196. The molecule has 0 atom stereocenters. The smallest absolute Gasteiger partial charge is 0.271 e. The second kappa shape index (κ2) is 5.39. The van der Waals surface area contributed by atoms with Gasteiger partial charge in [0.2, 0.25) is 0 Å². The van der Waals surface area contributed by atoms with Crippen LogP contribution in [0.1, 0.15) is 17.1 Å². The molecule has 1 aliphatic heterocycles. The van der Waals surface area contributed by atoms with Crippen molar-refractivity contribution in [2.45, 2.75) is 25.3 Å². The summed E-state index contributed by atoms with van der Waals surface area (Å²) in [6.45, 7) is 5.42. The minimum atomic E-state index is -3.71. The molecule has 0 bridgehead atoms. The van der Waals surface area contributed by atoms with Crippen molar-refractivity contribution in [3.63, 3.8) is 0 Å². The van der Waals surface area contributed by atoms with Crippen molar-refractivity contribution in [2.24, 2.45) is 0 Å². The summed E-state index contributed by atoms with van der Waals surface area (Å²) in [5, 5.41) is 4.17. The molecule has 0 saturated heterocycles. The van der Waals surface area contributed by atoms with Gasteiger partial charge in [-0.1, -0.05) is 0 Å². The van der Waals surface area contributed by atoms with E-state index in [2.05, 4.69) is 5.32 Å². The Morgan fingerprint density at radius 2 is 2.04 bits per heavy atom. The van der Waals surface area contributed by atoms with Crippen LogP contribution in [0.5, 0.6) is 5.75 Å². The van der Waals surface area contributed by atoms with Gasteiger partial charge in [0.05, 0.1) is 5.52 Å². The van der Waals surface area contributed by atoms with E-state index in [0.717, 1.165) is 23.2 Å². The second-order valence-electron chi connectivity index (χ2n) is 5.89. The summed E-state index contributed by atoms with van der Waals surface area (Å²) in [6, 6.07) is 7.01. The van der Waals surface area contributed by atoms with E-state index in [1.54, 1.807) is 32.2 Å². The molecule has 0 radical (unpaired) electrons. The van der Waals surface area contributed by atoms with Gasteiger partial charge in [0, 0.05) is 36.3 Å². The number of rotatable bonds is 2. The Morgan fingerprint density at radius 3 is 2.79 bits per heavy atom. The van der Waals surface area contributed by atoms with Gasteiger partial charge in [0.1, 0.15) is 28.8 Å². The van der Waals surface area contributed by atoms with E-state index in [1.165, 1.54) is 3.97 Å². The lowest BCUT2D eigenvalue weighted by Gasteiger charge is -2.10. The molecule has 24 heavy (non-hydrogen) atoms. The number of fused-ring (bicyclic) bond motifs is 3. The molecule has 0 aliphatic carbocycles. The molecule has 4 rings (SSSR count). The van der Waals surface area contributed by atoms with Gasteiger partial charge in [-0.25, -0.2) is 12.4 Å². The number of ether oxygens (including phenoxy) is 1. The zero-order valence-electron chi connectivity index (χ0n) is 13.5. The van der Waals surface area contributed by atoms with Crippen LogP contribution in [0.3, 0.4) is 0 Å². The van der Waals surface area contributed by atoms with E-state index in [-0.39, 0.29) is 4.90 Å². The average molecular weight is 346 g/mol. The molecule has 7 heteroatoms. The normalized spacial score (nSPS) is 15.1. The SMILES string of the molecule is Cc1cc(S(=O)(=O)n2ccc3c4c(ccc32)OCCNC4)c(C)o1. The molecule has 1 aliphatic rings. The lowest BCUT2D eigenvalue weighted by molar-refractivity contribution is 0.326. The number of aromatic nitrogens is 1. The third kappa shape index (κ3) is 2.23. The van der Waals surface area contributed by atoms with Crippen LogP contribution in [-0.4, -0.2) is 25.5 Å². The molecular weight excluding hydrogens is 328 g/mol. The van der Waals surface area contributed by atoms with Gasteiger partial charge in [-0.05, 0) is 32.0 Å². The van der Waals surface area contributed by atoms with Gasteiger partial charge in [0.25, 0.3) is 10.0 Å². The number of furan rings is 1. The summed E-state index contributed by atoms with van der Waals surface area (Å²) in [7, 11) is -3.71. The van der Waals surface area contributed by atoms with Crippen molar-refractivity contribution < 1.29 is 17.6 Å². The Labute approximate surface area is 140 Å². The Kier molecular flexibility index (Phi) is 3.43. The maximum Gasteiger partial charge on any atom is 0.271 e. The summed E-state index contributed by atoms with van der Waals surface area (Å²) < 4.78 is 38.5. The lowest BCUT2D eigenvalue weighted by Crippen LogP contribution is -2.16. The molecule has 0 fully saturated rings. The van der Waals surface area contributed by atoms with Gasteiger partial charge in [-0.3, -0.25) is 0 Å².